The van der Waals surface area contributed by atoms with Crippen molar-refractivity contribution in [1.29, 1.82) is 0 Å². The molecule has 2 aromatic rings. The summed E-state index contributed by atoms with van der Waals surface area (Å²) in [7, 11) is -3.95. The molecule has 2 N–H and O–H groups in total. The second kappa shape index (κ2) is 5.60. The van der Waals surface area contributed by atoms with Crippen molar-refractivity contribution >= 4 is 15.7 Å². The van der Waals surface area contributed by atoms with Gasteiger partial charge in [0.2, 0.25) is 0 Å². The molecular formula is C14H14FNO3S. The third-order valence-electron chi connectivity index (χ3n) is 2.89. The van der Waals surface area contributed by atoms with E-state index < -0.39 is 22.4 Å². The quantitative estimate of drug-likeness (QED) is 0.910. The van der Waals surface area contributed by atoms with Crippen LogP contribution in [0.1, 0.15) is 11.1 Å². The first kappa shape index (κ1) is 14.5. The molecule has 4 nitrogen and oxygen atoms in total. The Morgan fingerprint density at radius 1 is 1.15 bits per heavy atom. The molecule has 0 saturated carbocycles. The van der Waals surface area contributed by atoms with Gasteiger partial charge in [0.15, 0.2) is 0 Å². The molecule has 2 rings (SSSR count). The van der Waals surface area contributed by atoms with E-state index in [2.05, 4.69) is 4.72 Å². The lowest BCUT2D eigenvalue weighted by Gasteiger charge is -2.13. The number of rotatable bonds is 4. The van der Waals surface area contributed by atoms with Gasteiger partial charge in [0, 0.05) is 0 Å². The first-order valence-electron chi connectivity index (χ1n) is 5.92. The highest BCUT2D eigenvalue weighted by Crippen LogP contribution is 2.24. The Balaban J connectivity index is 2.47. The zero-order valence-electron chi connectivity index (χ0n) is 10.8. The van der Waals surface area contributed by atoms with Crippen LogP contribution in [0.3, 0.4) is 0 Å². The summed E-state index contributed by atoms with van der Waals surface area (Å²) < 4.78 is 40.5. The van der Waals surface area contributed by atoms with E-state index in [0.29, 0.717) is 5.56 Å². The molecule has 0 aliphatic heterocycles. The summed E-state index contributed by atoms with van der Waals surface area (Å²) in [5, 5.41) is 9.19. The lowest BCUT2D eigenvalue weighted by Crippen LogP contribution is -2.16. The maximum atomic E-state index is 13.7. The minimum Gasteiger partial charge on any atom is -0.392 e. The van der Waals surface area contributed by atoms with Crippen LogP contribution in [-0.2, 0) is 16.6 Å². The predicted molar refractivity (Wildman–Crippen MR) is 74.3 cm³/mol. The number of para-hydroxylation sites is 1. The summed E-state index contributed by atoms with van der Waals surface area (Å²) in [5.74, 6) is -0.643. The zero-order valence-corrected chi connectivity index (χ0v) is 11.6. The lowest BCUT2D eigenvalue weighted by atomic mass is 10.2. The van der Waals surface area contributed by atoms with Gasteiger partial charge in [-0.2, -0.15) is 0 Å². The van der Waals surface area contributed by atoms with Crippen molar-refractivity contribution in [2.24, 2.45) is 0 Å². The summed E-state index contributed by atoms with van der Waals surface area (Å²) in [4.78, 5) is -0.0647. The van der Waals surface area contributed by atoms with Gasteiger partial charge in [-0.05, 0) is 30.2 Å². The standard InChI is InChI=1S/C14H14FNO3S/c1-10-5-4-7-12(15)14(10)16-20(18,19)13-8-3-2-6-11(13)9-17/h2-8,16-17H,9H2,1H3. The molecule has 0 amide bonds. The molecule has 0 bridgehead atoms. The number of aliphatic hydroxyl groups is 1. The molecular weight excluding hydrogens is 281 g/mol. The zero-order chi connectivity index (χ0) is 14.8. The number of anilines is 1. The maximum absolute atomic E-state index is 13.7. The van der Waals surface area contributed by atoms with Gasteiger partial charge < -0.3 is 5.11 Å². The number of hydrogen-bond acceptors (Lipinski definition) is 3. The van der Waals surface area contributed by atoms with E-state index in [1.54, 1.807) is 25.1 Å². The van der Waals surface area contributed by atoms with E-state index in [-0.39, 0.29) is 16.1 Å². The Hall–Kier alpha value is -1.92. The second-order valence-corrected chi connectivity index (χ2v) is 5.95. The molecule has 0 unspecified atom stereocenters. The van der Waals surface area contributed by atoms with Crippen molar-refractivity contribution in [2.75, 3.05) is 4.72 Å². The fraction of sp³-hybridized carbons (Fsp3) is 0.143. The molecule has 0 fully saturated rings. The Morgan fingerprint density at radius 2 is 1.85 bits per heavy atom. The van der Waals surface area contributed by atoms with Gasteiger partial charge in [-0.15, -0.1) is 0 Å². The smallest absolute Gasteiger partial charge is 0.262 e. The number of aryl methyl sites for hydroxylation is 1. The molecule has 0 heterocycles. The van der Waals surface area contributed by atoms with Crippen LogP contribution in [0.4, 0.5) is 10.1 Å². The Morgan fingerprint density at radius 3 is 2.50 bits per heavy atom. The summed E-state index contributed by atoms with van der Waals surface area (Å²) >= 11 is 0. The van der Waals surface area contributed by atoms with Crippen LogP contribution in [0.15, 0.2) is 47.4 Å². The summed E-state index contributed by atoms with van der Waals surface area (Å²) in [5.41, 5.74) is 0.657. The van der Waals surface area contributed by atoms with E-state index in [1.807, 2.05) is 0 Å². The summed E-state index contributed by atoms with van der Waals surface area (Å²) in [6, 6.07) is 10.3. The number of aliphatic hydroxyl groups excluding tert-OH is 1. The summed E-state index contributed by atoms with van der Waals surface area (Å²) in [6.45, 7) is 1.20. The van der Waals surface area contributed by atoms with Crippen LogP contribution in [0.2, 0.25) is 0 Å². The van der Waals surface area contributed by atoms with Gasteiger partial charge in [-0.25, -0.2) is 12.8 Å². The van der Waals surface area contributed by atoms with Crippen LogP contribution < -0.4 is 4.72 Å². The minimum atomic E-state index is -3.95. The van der Waals surface area contributed by atoms with E-state index >= 15 is 0 Å². The fourth-order valence-corrected chi connectivity index (χ4v) is 3.22. The Labute approximate surface area is 116 Å². The van der Waals surface area contributed by atoms with E-state index in [1.165, 1.54) is 24.3 Å². The molecule has 106 valence electrons. The van der Waals surface area contributed by atoms with Crippen molar-refractivity contribution < 1.29 is 17.9 Å². The molecule has 0 aliphatic carbocycles. The lowest BCUT2D eigenvalue weighted by molar-refractivity contribution is 0.278. The van der Waals surface area contributed by atoms with Gasteiger partial charge in [0.25, 0.3) is 10.0 Å². The van der Waals surface area contributed by atoms with Crippen LogP contribution in [0.5, 0.6) is 0 Å². The fourth-order valence-electron chi connectivity index (χ4n) is 1.85. The normalized spacial score (nSPS) is 11.3. The molecule has 0 radical (unpaired) electrons. The largest absolute Gasteiger partial charge is 0.392 e. The van der Waals surface area contributed by atoms with Gasteiger partial charge in [0.05, 0.1) is 17.2 Å². The van der Waals surface area contributed by atoms with Crippen molar-refractivity contribution in [1.82, 2.24) is 0 Å². The van der Waals surface area contributed by atoms with Crippen LogP contribution in [-0.4, -0.2) is 13.5 Å². The Kier molecular flexibility index (Phi) is 4.06. The molecule has 2 aromatic carbocycles. The predicted octanol–water partition coefficient (Wildman–Crippen LogP) is 2.43. The number of nitrogens with one attached hydrogen (secondary N) is 1. The van der Waals surface area contributed by atoms with E-state index in [4.69, 9.17) is 0 Å². The van der Waals surface area contributed by atoms with E-state index in [0.717, 1.165) is 0 Å². The Bertz CT molecular complexity index is 709. The molecule has 0 spiro atoms. The highest BCUT2D eigenvalue weighted by atomic mass is 32.2. The van der Waals surface area contributed by atoms with Crippen molar-refractivity contribution in [3.63, 3.8) is 0 Å². The highest BCUT2D eigenvalue weighted by molar-refractivity contribution is 7.92. The minimum absolute atomic E-state index is 0.0647. The third-order valence-corrected chi connectivity index (χ3v) is 4.34. The summed E-state index contributed by atoms with van der Waals surface area (Å²) in [6.07, 6.45) is 0. The first-order valence-corrected chi connectivity index (χ1v) is 7.40. The average Bonchev–Trinajstić information content (AvgIpc) is 2.43. The number of hydrogen-bond donors (Lipinski definition) is 2. The van der Waals surface area contributed by atoms with Crippen molar-refractivity contribution in [3.8, 4) is 0 Å². The molecule has 0 atom stereocenters. The number of benzene rings is 2. The number of sulfonamides is 1. The topological polar surface area (TPSA) is 66.4 Å². The monoisotopic (exact) mass is 295 g/mol. The van der Waals surface area contributed by atoms with Crippen LogP contribution in [0.25, 0.3) is 0 Å². The second-order valence-electron chi connectivity index (χ2n) is 4.30. The van der Waals surface area contributed by atoms with Gasteiger partial charge in [-0.1, -0.05) is 30.3 Å². The molecule has 6 heteroatoms. The highest BCUT2D eigenvalue weighted by Gasteiger charge is 2.20. The molecule has 20 heavy (non-hydrogen) atoms. The number of halogens is 1. The van der Waals surface area contributed by atoms with Crippen molar-refractivity contribution in [2.45, 2.75) is 18.4 Å². The van der Waals surface area contributed by atoms with Crippen LogP contribution >= 0.6 is 0 Å². The SMILES string of the molecule is Cc1cccc(F)c1NS(=O)(=O)c1ccccc1CO. The van der Waals surface area contributed by atoms with Crippen molar-refractivity contribution in [3.05, 3.63) is 59.4 Å². The first-order chi connectivity index (χ1) is 9.45. The van der Waals surface area contributed by atoms with Gasteiger partial charge in [-0.3, -0.25) is 4.72 Å². The average molecular weight is 295 g/mol. The van der Waals surface area contributed by atoms with Crippen LogP contribution in [0, 0.1) is 12.7 Å². The van der Waals surface area contributed by atoms with Gasteiger partial charge in [0.1, 0.15) is 5.82 Å². The van der Waals surface area contributed by atoms with E-state index in [9.17, 15) is 17.9 Å². The van der Waals surface area contributed by atoms with Gasteiger partial charge >= 0.3 is 0 Å². The maximum Gasteiger partial charge on any atom is 0.262 e. The molecule has 0 aliphatic rings. The molecule has 0 aromatic heterocycles. The molecule has 0 saturated heterocycles. The third kappa shape index (κ3) is 2.81.